The Kier molecular flexibility index (Phi) is 24.3. The molecule has 0 radical (unpaired) electrons. The zero-order valence-corrected chi connectivity index (χ0v) is 43.7. The quantitative estimate of drug-likeness (QED) is 0.0399. The summed E-state index contributed by atoms with van der Waals surface area (Å²) in [5, 5.41) is 167. The van der Waals surface area contributed by atoms with Crippen LogP contribution in [0.2, 0.25) is 0 Å². The van der Waals surface area contributed by atoms with Crippen LogP contribution in [0.25, 0.3) is 0 Å². The summed E-state index contributed by atoms with van der Waals surface area (Å²) in [6.07, 6.45) is -57.0. The molecule has 0 bridgehead atoms. The van der Waals surface area contributed by atoms with Crippen molar-refractivity contribution in [2.24, 2.45) is 0 Å². The highest BCUT2D eigenvalue weighted by atomic mass is 32.3. The molecule has 5 aliphatic heterocycles. The number of aliphatic hydroxyl groups excluding tert-OH is 15. The van der Waals surface area contributed by atoms with Crippen molar-refractivity contribution in [1.29, 1.82) is 0 Å². The first-order chi connectivity index (χ1) is 36.7. The minimum Gasteiger partial charge on any atom is -0.394 e. The van der Waals surface area contributed by atoms with Gasteiger partial charge in [-0.1, -0.05) is 0 Å². The van der Waals surface area contributed by atoms with Gasteiger partial charge in [-0.3, -0.25) is 18.7 Å². The van der Waals surface area contributed by atoms with Crippen LogP contribution >= 0.6 is 0 Å². The van der Waals surface area contributed by atoms with E-state index < -0.39 is 243 Å². The second-order valence-corrected chi connectivity index (χ2v) is 21.2. The Morgan fingerprint density at radius 2 is 0.949 bits per heavy atom. The minimum atomic E-state index is -5.49. The van der Waals surface area contributed by atoms with E-state index in [2.05, 4.69) is 19.0 Å². The van der Waals surface area contributed by atoms with Crippen molar-refractivity contribution in [2.75, 3.05) is 33.0 Å². The van der Waals surface area contributed by atoms with E-state index >= 15 is 0 Å². The van der Waals surface area contributed by atoms with Crippen LogP contribution < -0.4 is 10.6 Å². The van der Waals surface area contributed by atoms with Crippen LogP contribution in [0.1, 0.15) is 27.7 Å². The first-order valence-electron chi connectivity index (χ1n) is 24.1. The van der Waals surface area contributed by atoms with E-state index in [1.165, 1.54) is 13.8 Å². The van der Waals surface area contributed by atoms with Gasteiger partial charge in [0, 0.05) is 13.8 Å². The summed E-state index contributed by atoms with van der Waals surface area (Å²) >= 11 is 0. The highest BCUT2D eigenvalue weighted by molar-refractivity contribution is 7.81. The highest BCUT2D eigenvalue weighted by Crippen LogP contribution is 2.37. The lowest BCUT2D eigenvalue weighted by Crippen LogP contribution is -2.71. The molecule has 462 valence electrons. The molecule has 5 rings (SSSR count). The van der Waals surface area contributed by atoms with Crippen molar-refractivity contribution in [2.45, 2.75) is 206 Å². The lowest BCUT2D eigenvalue weighted by molar-refractivity contribution is -0.389. The van der Waals surface area contributed by atoms with E-state index in [9.17, 15) is 112 Å². The second-order valence-electron chi connectivity index (χ2n) is 19.0. The van der Waals surface area contributed by atoms with Gasteiger partial charge in [-0.05, 0) is 13.8 Å². The number of amides is 2. The number of rotatable bonds is 24. The van der Waals surface area contributed by atoms with Gasteiger partial charge in [0.25, 0.3) is 0 Å². The average Bonchev–Trinajstić information content (AvgIpc) is 3.38. The van der Waals surface area contributed by atoms with Gasteiger partial charge in [-0.2, -0.15) is 16.8 Å². The van der Waals surface area contributed by atoms with Crippen molar-refractivity contribution < 1.29 is 168 Å². The van der Waals surface area contributed by atoms with Gasteiger partial charge in [0.05, 0.1) is 51.3 Å². The monoisotopic (exact) mass is 1200 g/mol. The van der Waals surface area contributed by atoms with E-state index in [1.54, 1.807) is 0 Å². The molecule has 0 aromatic carbocycles. The molecule has 2 amide bonds. The first-order valence-corrected chi connectivity index (χ1v) is 26.8. The Labute approximate surface area is 448 Å². The fourth-order valence-corrected chi connectivity index (χ4v) is 9.70. The Hall–Kier alpha value is -2.32. The molecular weight excluding hydrogens is 1130 g/mol. The van der Waals surface area contributed by atoms with E-state index in [1.807, 2.05) is 0 Å². The lowest BCUT2D eigenvalue weighted by atomic mass is 9.93. The normalized spacial score (nSPS) is 43.1. The fourth-order valence-electron chi connectivity index (χ4n) is 9.08. The van der Waals surface area contributed by atoms with Crippen molar-refractivity contribution in [3.05, 3.63) is 0 Å². The molecule has 5 heterocycles. The summed E-state index contributed by atoms with van der Waals surface area (Å²) in [5.41, 5.74) is 0. The van der Waals surface area contributed by atoms with Gasteiger partial charge in [0.1, 0.15) is 128 Å². The maximum Gasteiger partial charge on any atom is 0.397 e. The van der Waals surface area contributed by atoms with Gasteiger partial charge in [0.15, 0.2) is 31.5 Å². The average molecular weight is 1200 g/mol. The summed E-state index contributed by atoms with van der Waals surface area (Å²) in [5.74, 6) is -1.98. The zero-order chi connectivity index (χ0) is 59.3. The molecular formula is C40H70N2O35S2. The predicted octanol–water partition coefficient (Wildman–Crippen LogP) is -12.5. The smallest absolute Gasteiger partial charge is 0.394 e. The molecule has 37 nitrogen and oxygen atoms in total. The summed E-state index contributed by atoms with van der Waals surface area (Å²) in [6.45, 7) is -2.17. The third kappa shape index (κ3) is 17.0. The first kappa shape index (κ1) is 67.5. The largest absolute Gasteiger partial charge is 0.397 e. The molecule has 0 aromatic rings. The van der Waals surface area contributed by atoms with E-state index in [-0.39, 0.29) is 0 Å². The number of carbonyl (C=O) groups is 2. The third-order valence-corrected chi connectivity index (χ3v) is 14.1. The number of carbonyl (C=O) groups excluding carboxylic acids is 2. The lowest BCUT2D eigenvalue weighted by Gasteiger charge is -2.51. The maximum atomic E-state index is 13.1. The molecule has 0 aliphatic carbocycles. The van der Waals surface area contributed by atoms with Crippen LogP contribution in [0.5, 0.6) is 0 Å². The highest BCUT2D eigenvalue weighted by Gasteiger charge is 2.58. The van der Waals surface area contributed by atoms with Crippen LogP contribution in [0.15, 0.2) is 0 Å². The second kappa shape index (κ2) is 28.5. The Morgan fingerprint density at radius 1 is 0.506 bits per heavy atom. The Bertz CT molecular complexity index is 2170. The van der Waals surface area contributed by atoms with Crippen LogP contribution in [0, 0.1) is 0 Å². The summed E-state index contributed by atoms with van der Waals surface area (Å²) < 4.78 is 134. The Balaban J connectivity index is 1.63. The standard InChI is InChI=1S/C40H70N2O35S2/c1-10-20(49)24(53)27(56)37(68-10)73-31(14(5-43)41-12(3)46)32(15(48)8-66-78(60,61)62)74-40-30(59)35(23(52)17(7-45)71-40)77-36-19(42-13(4)47)34(76-38-28(57)25(54)21(50)11(2)69-38)33(18(72-36)9-67-79(63,64)65)75-39-29(58)26(55)22(51)16(6-44)70-39/h10-11,14-40,43-45,48-59H,5-9H2,1-4H3,(H,41,46)(H,42,47)(H,60,61,62)(H,63,64,65)/t10-,11-,14-,15+,16+,17+,18+,19+,20+,21+,22-,23-,24+,25+,26-,27-,28-,29+,30+,31+,32+,33+,34+,35-,36-,37-,38-,39-,40-/m0/s1. The number of nitrogens with one attached hydrogen (secondary N) is 2. The van der Waals surface area contributed by atoms with E-state index in [0.717, 1.165) is 13.8 Å². The van der Waals surface area contributed by atoms with Gasteiger partial charge < -0.3 is 135 Å². The SMILES string of the molecule is CC(=O)N[C@H]1[C@H](O[C@H]2[C@@H](O)[C@@H](CO)O[C@@H](O[C@@H]([C@H](O[C@@H]3O[C@@H](C)[C@@H](O)[C@@H](O)[C@@H]3O)[C@H](CO)NC(C)=O)[C@H](O)COS(=O)(=O)O)[C@@H]2O)O[C@H](COS(=O)(=O)O)[C@@H](O[C@@H]2O[C@H](CO)[C@H](O)[C@H](O)[C@H]2O)[C@@H]1O[C@@H]1O[C@@H](C)[C@@H](O)[C@@H](O)[C@@H]1O. The minimum absolute atomic E-state index is 0.879. The third-order valence-electron chi connectivity index (χ3n) is 13.2. The Morgan fingerprint density at radius 3 is 1.47 bits per heavy atom. The van der Waals surface area contributed by atoms with Crippen LogP contribution in [-0.4, -0.2) is 325 Å². The van der Waals surface area contributed by atoms with Crippen molar-refractivity contribution in [3.8, 4) is 0 Å². The van der Waals surface area contributed by atoms with E-state index in [0.29, 0.717) is 0 Å². The molecule has 5 aliphatic rings. The van der Waals surface area contributed by atoms with Crippen molar-refractivity contribution in [3.63, 3.8) is 0 Å². The molecule has 29 atom stereocenters. The van der Waals surface area contributed by atoms with Gasteiger partial charge in [0.2, 0.25) is 11.8 Å². The molecule has 39 heteroatoms. The predicted molar refractivity (Wildman–Crippen MR) is 243 cm³/mol. The van der Waals surface area contributed by atoms with Gasteiger partial charge in [-0.15, -0.1) is 0 Å². The molecule has 19 N–H and O–H groups in total. The zero-order valence-electron chi connectivity index (χ0n) is 42.0. The summed E-state index contributed by atoms with van der Waals surface area (Å²) in [6, 6.07) is -3.93. The molecule has 0 aromatic heterocycles. The van der Waals surface area contributed by atoms with Crippen molar-refractivity contribution >= 4 is 32.6 Å². The van der Waals surface area contributed by atoms with Crippen LogP contribution in [0.3, 0.4) is 0 Å². The maximum absolute atomic E-state index is 13.1. The van der Waals surface area contributed by atoms with Crippen LogP contribution in [-0.2, 0) is 86.1 Å². The summed E-state index contributed by atoms with van der Waals surface area (Å²) in [7, 11) is -10.9. The number of hydrogen-bond donors (Lipinski definition) is 19. The molecule has 5 saturated heterocycles. The van der Waals surface area contributed by atoms with E-state index in [4.69, 9.17) is 47.4 Å². The topological polar surface area (TPSA) is 581 Å². The molecule has 79 heavy (non-hydrogen) atoms. The summed E-state index contributed by atoms with van der Waals surface area (Å²) in [4.78, 5) is 25.6. The molecule has 0 spiro atoms. The molecule has 5 fully saturated rings. The molecule has 0 saturated carbocycles. The van der Waals surface area contributed by atoms with Gasteiger partial charge in [-0.25, -0.2) is 8.37 Å². The number of aliphatic hydroxyl groups is 15. The van der Waals surface area contributed by atoms with Crippen LogP contribution in [0.4, 0.5) is 0 Å². The van der Waals surface area contributed by atoms with Gasteiger partial charge >= 0.3 is 20.8 Å². The number of ether oxygens (including phenoxy) is 10. The number of hydrogen-bond acceptors (Lipinski definition) is 33. The molecule has 0 unspecified atom stereocenters. The van der Waals surface area contributed by atoms with Crippen molar-refractivity contribution in [1.82, 2.24) is 10.6 Å². The fraction of sp³-hybridized carbons (Fsp3) is 0.950.